The molecule has 3 rings (SSSR count). The highest BCUT2D eigenvalue weighted by atomic mass is 15.3. The first-order chi connectivity index (χ1) is 9.90. The molecule has 1 aliphatic rings. The lowest BCUT2D eigenvalue weighted by Crippen LogP contribution is -2.37. The van der Waals surface area contributed by atoms with Crippen molar-refractivity contribution >= 4 is 0 Å². The average molecular weight is 264 g/mol. The van der Waals surface area contributed by atoms with E-state index in [9.17, 15) is 0 Å². The molecule has 20 heavy (non-hydrogen) atoms. The van der Waals surface area contributed by atoms with Crippen molar-refractivity contribution in [2.75, 3.05) is 13.2 Å². The van der Waals surface area contributed by atoms with Crippen LogP contribution in [-0.2, 0) is 13.1 Å². The van der Waals surface area contributed by atoms with Gasteiger partial charge in [0.2, 0.25) is 0 Å². The van der Waals surface area contributed by atoms with Crippen LogP contribution in [0.15, 0.2) is 72.9 Å². The maximum atomic E-state index is 2.46. The summed E-state index contributed by atoms with van der Waals surface area (Å²) in [4.78, 5) is 4.82. The Hall–Kier alpha value is -2.06. The third kappa shape index (κ3) is 3.49. The van der Waals surface area contributed by atoms with Gasteiger partial charge in [-0.15, -0.1) is 0 Å². The minimum Gasteiger partial charge on any atom is -0.361 e. The predicted octanol–water partition coefficient (Wildman–Crippen LogP) is 3.48. The fourth-order valence-corrected chi connectivity index (χ4v) is 2.58. The van der Waals surface area contributed by atoms with Crippen LogP contribution in [0, 0.1) is 0 Å². The zero-order valence-electron chi connectivity index (χ0n) is 11.7. The molecule has 2 aromatic carbocycles. The highest BCUT2D eigenvalue weighted by Crippen LogP contribution is 2.12. The van der Waals surface area contributed by atoms with Crippen LogP contribution < -0.4 is 0 Å². The fourth-order valence-electron chi connectivity index (χ4n) is 2.58. The van der Waals surface area contributed by atoms with Gasteiger partial charge >= 0.3 is 0 Å². The van der Waals surface area contributed by atoms with Crippen molar-refractivity contribution in [1.29, 1.82) is 0 Å². The van der Waals surface area contributed by atoms with E-state index in [1.165, 1.54) is 11.1 Å². The molecule has 0 saturated heterocycles. The Morgan fingerprint density at radius 2 is 1.35 bits per heavy atom. The number of rotatable bonds is 4. The lowest BCUT2D eigenvalue weighted by molar-refractivity contribution is 0.158. The van der Waals surface area contributed by atoms with Crippen molar-refractivity contribution in [3.8, 4) is 0 Å². The van der Waals surface area contributed by atoms with E-state index in [-0.39, 0.29) is 0 Å². The summed E-state index contributed by atoms with van der Waals surface area (Å²) in [5, 5.41) is 0. The minimum atomic E-state index is 0.975. The molecule has 0 saturated carbocycles. The van der Waals surface area contributed by atoms with Crippen LogP contribution in [0.5, 0.6) is 0 Å². The van der Waals surface area contributed by atoms with Crippen LogP contribution in [-0.4, -0.2) is 23.0 Å². The molecule has 2 aromatic rings. The Morgan fingerprint density at radius 3 is 2.00 bits per heavy atom. The zero-order chi connectivity index (χ0) is 13.6. The van der Waals surface area contributed by atoms with Crippen molar-refractivity contribution in [2.45, 2.75) is 13.1 Å². The first kappa shape index (κ1) is 12.9. The Labute approximate surface area is 121 Å². The Kier molecular flexibility index (Phi) is 4.14. The van der Waals surface area contributed by atoms with E-state index in [2.05, 4.69) is 82.7 Å². The first-order valence-corrected chi connectivity index (χ1v) is 7.11. The molecular formula is C18H20N2. The van der Waals surface area contributed by atoms with Gasteiger partial charge in [0.15, 0.2) is 0 Å². The van der Waals surface area contributed by atoms with Crippen LogP contribution >= 0.6 is 0 Å². The summed E-state index contributed by atoms with van der Waals surface area (Å²) in [6.45, 7) is 4.00. The summed E-state index contributed by atoms with van der Waals surface area (Å²) in [6.07, 6.45) is 4.46. The molecule has 0 fully saturated rings. The molecule has 0 atom stereocenters. The van der Waals surface area contributed by atoms with Gasteiger partial charge in [-0.1, -0.05) is 66.7 Å². The maximum Gasteiger partial charge on any atom is 0.0710 e. The maximum absolute atomic E-state index is 2.46. The van der Waals surface area contributed by atoms with Crippen molar-refractivity contribution in [3.63, 3.8) is 0 Å². The molecule has 102 valence electrons. The normalized spacial score (nSPS) is 15.5. The third-order valence-electron chi connectivity index (χ3n) is 3.54. The van der Waals surface area contributed by atoms with Gasteiger partial charge in [0.05, 0.1) is 6.67 Å². The lowest BCUT2D eigenvalue weighted by Gasteiger charge is -2.32. The summed E-state index contributed by atoms with van der Waals surface area (Å²) < 4.78 is 0. The smallest absolute Gasteiger partial charge is 0.0710 e. The quantitative estimate of drug-likeness (QED) is 0.834. The Balaban J connectivity index is 1.59. The summed E-state index contributed by atoms with van der Waals surface area (Å²) in [7, 11) is 0. The van der Waals surface area contributed by atoms with Gasteiger partial charge in [0.1, 0.15) is 0 Å². The molecule has 0 spiro atoms. The van der Waals surface area contributed by atoms with Gasteiger partial charge < -0.3 is 4.90 Å². The molecule has 2 nitrogen and oxygen atoms in total. The Bertz CT molecular complexity index is 548. The van der Waals surface area contributed by atoms with Crippen molar-refractivity contribution < 1.29 is 0 Å². The van der Waals surface area contributed by atoms with E-state index in [1.54, 1.807) is 0 Å². The predicted molar refractivity (Wildman–Crippen MR) is 82.8 cm³/mol. The van der Waals surface area contributed by atoms with Crippen molar-refractivity contribution in [1.82, 2.24) is 9.80 Å². The van der Waals surface area contributed by atoms with Crippen LogP contribution in [0.1, 0.15) is 11.1 Å². The van der Waals surface area contributed by atoms with Crippen LogP contribution in [0.4, 0.5) is 0 Å². The third-order valence-corrected chi connectivity index (χ3v) is 3.54. The van der Waals surface area contributed by atoms with Gasteiger partial charge in [-0.2, -0.15) is 0 Å². The van der Waals surface area contributed by atoms with Crippen LogP contribution in [0.3, 0.4) is 0 Å². The van der Waals surface area contributed by atoms with E-state index < -0.39 is 0 Å². The SMILES string of the molecule is C1=CN(Cc2ccccc2)CN(Cc2ccccc2)C1. The molecule has 1 aliphatic heterocycles. The van der Waals surface area contributed by atoms with E-state index >= 15 is 0 Å². The Morgan fingerprint density at radius 1 is 0.750 bits per heavy atom. The molecule has 0 aliphatic carbocycles. The average Bonchev–Trinajstić information content (AvgIpc) is 2.50. The standard InChI is InChI=1S/C18H20N2/c1-3-8-17(9-4-1)14-19-12-7-13-20(16-19)15-18-10-5-2-6-11-18/h1-12H,13-16H2. The van der Waals surface area contributed by atoms with Gasteiger partial charge in [0.25, 0.3) is 0 Å². The molecule has 0 aromatic heterocycles. The summed E-state index contributed by atoms with van der Waals surface area (Å²) in [5.74, 6) is 0. The first-order valence-electron chi connectivity index (χ1n) is 7.11. The second-order valence-corrected chi connectivity index (χ2v) is 5.26. The number of nitrogens with zero attached hydrogens (tertiary/aromatic N) is 2. The monoisotopic (exact) mass is 264 g/mol. The van der Waals surface area contributed by atoms with E-state index in [0.717, 1.165) is 26.3 Å². The van der Waals surface area contributed by atoms with Gasteiger partial charge in [-0.05, 0) is 17.3 Å². The number of hydrogen-bond acceptors (Lipinski definition) is 2. The molecule has 1 heterocycles. The summed E-state index contributed by atoms with van der Waals surface area (Å²) in [5.41, 5.74) is 2.74. The molecule has 0 radical (unpaired) electrons. The lowest BCUT2D eigenvalue weighted by atomic mass is 10.2. The molecule has 0 unspecified atom stereocenters. The van der Waals surface area contributed by atoms with E-state index in [4.69, 9.17) is 0 Å². The van der Waals surface area contributed by atoms with Crippen molar-refractivity contribution in [3.05, 3.63) is 84.1 Å². The van der Waals surface area contributed by atoms with Crippen LogP contribution in [0.2, 0.25) is 0 Å². The molecular weight excluding hydrogens is 244 g/mol. The number of benzene rings is 2. The van der Waals surface area contributed by atoms with Gasteiger partial charge in [0, 0.05) is 19.6 Å². The minimum absolute atomic E-state index is 0.975. The van der Waals surface area contributed by atoms with Gasteiger partial charge in [-0.25, -0.2) is 0 Å². The highest BCUT2D eigenvalue weighted by Gasteiger charge is 2.12. The van der Waals surface area contributed by atoms with Gasteiger partial charge in [-0.3, -0.25) is 4.90 Å². The largest absolute Gasteiger partial charge is 0.361 e. The van der Waals surface area contributed by atoms with E-state index in [0.29, 0.717) is 0 Å². The number of hydrogen-bond donors (Lipinski definition) is 0. The molecule has 0 N–H and O–H groups in total. The summed E-state index contributed by atoms with van der Waals surface area (Å²) in [6, 6.07) is 21.3. The molecule has 2 heteroatoms. The second-order valence-electron chi connectivity index (χ2n) is 5.26. The van der Waals surface area contributed by atoms with Crippen molar-refractivity contribution in [2.24, 2.45) is 0 Å². The molecule has 0 amide bonds. The zero-order valence-corrected chi connectivity index (χ0v) is 11.7. The highest BCUT2D eigenvalue weighted by molar-refractivity contribution is 5.16. The second kappa shape index (κ2) is 6.40. The summed E-state index contributed by atoms with van der Waals surface area (Å²) >= 11 is 0. The molecule has 0 bridgehead atoms. The van der Waals surface area contributed by atoms with E-state index in [1.807, 2.05) is 0 Å². The fraction of sp³-hybridized carbons (Fsp3) is 0.222. The topological polar surface area (TPSA) is 6.48 Å². The van der Waals surface area contributed by atoms with Crippen LogP contribution in [0.25, 0.3) is 0 Å².